The van der Waals surface area contributed by atoms with Crippen molar-refractivity contribution in [2.45, 2.75) is 32.5 Å². The molecular weight excluding hydrogens is 180 g/mol. The van der Waals surface area contributed by atoms with Gasteiger partial charge in [0, 0.05) is 25.7 Å². The molecule has 1 aromatic heterocycles. The van der Waals surface area contributed by atoms with Gasteiger partial charge in [0.15, 0.2) is 5.82 Å². The molecule has 0 bridgehead atoms. The van der Waals surface area contributed by atoms with Crippen LogP contribution in [0.1, 0.15) is 19.2 Å². The van der Waals surface area contributed by atoms with Crippen molar-refractivity contribution in [2.75, 3.05) is 13.1 Å². The molecule has 2 N–H and O–H groups in total. The predicted octanol–water partition coefficient (Wildman–Crippen LogP) is -0.774. The van der Waals surface area contributed by atoms with E-state index < -0.39 is 0 Å². The van der Waals surface area contributed by atoms with Crippen molar-refractivity contribution >= 4 is 0 Å². The summed E-state index contributed by atoms with van der Waals surface area (Å²) in [7, 11) is 0. The lowest BCUT2D eigenvalue weighted by Crippen LogP contribution is -2.55. The van der Waals surface area contributed by atoms with E-state index in [1.807, 2.05) is 4.68 Å². The van der Waals surface area contributed by atoms with Gasteiger partial charge < -0.3 is 5.73 Å². The maximum atomic E-state index is 5.69. The molecule has 78 valence electrons. The zero-order chi connectivity index (χ0) is 9.97. The number of likely N-dealkylation sites (tertiary alicyclic amines) is 1. The topological polar surface area (TPSA) is 72.9 Å². The molecule has 1 aromatic rings. The first-order chi connectivity index (χ1) is 6.79. The largest absolute Gasteiger partial charge is 0.325 e. The number of rotatable bonds is 4. The molecule has 0 saturated carbocycles. The monoisotopic (exact) mass is 196 g/mol. The van der Waals surface area contributed by atoms with Gasteiger partial charge in [-0.25, -0.2) is 4.68 Å². The summed E-state index contributed by atoms with van der Waals surface area (Å²) in [5.41, 5.74) is 5.69. The number of nitrogens with two attached hydrogens (primary N) is 1. The maximum absolute atomic E-state index is 5.69. The Labute approximate surface area is 83.1 Å². The third-order valence-corrected chi connectivity index (χ3v) is 2.39. The van der Waals surface area contributed by atoms with Crippen LogP contribution in [0.25, 0.3) is 0 Å². The number of aromatic nitrogens is 4. The summed E-state index contributed by atoms with van der Waals surface area (Å²) >= 11 is 0. The number of aryl methyl sites for hydroxylation is 1. The van der Waals surface area contributed by atoms with Gasteiger partial charge in [-0.2, -0.15) is 0 Å². The minimum atomic E-state index is 0.338. The first kappa shape index (κ1) is 9.54. The number of tetrazole rings is 1. The van der Waals surface area contributed by atoms with Gasteiger partial charge in [-0.15, -0.1) is 5.10 Å². The van der Waals surface area contributed by atoms with E-state index in [0.717, 1.165) is 38.4 Å². The molecule has 0 radical (unpaired) electrons. The van der Waals surface area contributed by atoms with E-state index in [1.165, 1.54) is 0 Å². The normalized spacial score (nSPS) is 18.4. The highest BCUT2D eigenvalue weighted by Gasteiger charge is 2.24. The Morgan fingerprint density at radius 1 is 1.50 bits per heavy atom. The van der Waals surface area contributed by atoms with Gasteiger partial charge in [-0.1, -0.05) is 6.92 Å². The van der Waals surface area contributed by atoms with Crippen LogP contribution in [0.5, 0.6) is 0 Å². The van der Waals surface area contributed by atoms with Gasteiger partial charge in [0.05, 0.1) is 6.54 Å². The molecule has 6 nitrogen and oxygen atoms in total. The van der Waals surface area contributed by atoms with E-state index in [4.69, 9.17) is 5.73 Å². The lowest BCUT2D eigenvalue weighted by Gasteiger charge is -2.36. The first-order valence-electron chi connectivity index (χ1n) is 5.02. The van der Waals surface area contributed by atoms with E-state index in [2.05, 4.69) is 27.3 Å². The number of nitrogens with zero attached hydrogens (tertiary/aromatic N) is 5. The fraction of sp³-hybridized carbons (Fsp3) is 0.875. The van der Waals surface area contributed by atoms with Gasteiger partial charge in [0.2, 0.25) is 0 Å². The molecule has 0 spiro atoms. The molecule has 0 amide bonds. The number of hydrogen-bond acceptors (Lipinski definition) is 5. The van der Waals surface area contributed by atoms with E-state index >= 15 is 0 Å². The SMILES string of the molecule is CCCn1nnnc1CN1CC(N)C1. The summed E-state index contributed by atoms with van der Waals surface area (Å²) < 4.78 is 1.86. The average Bonchev–Trinajstić information content (AvgIpc) is 2.51. The van der Waals surface area contributed by atoms with Crippen molar-refractivity contribution in [3.63, 3.8) is 0 Å². The fourth-order valence-corrected chi connectivity index (χ4v) is 1.66. The predicted molar refractivity (Wildman–Crippen MR) is 51.4 cm³/mol. The highest BCUT2D eigenvalue weighted by Crippen LogP contribution is 2.09. The molecule has 14 heavy (non-hydrogen) atoms. The number of hydrogen-bond donors (Lipinski definition) is 1. The van der Waals surface area contributed by atoms with Gasteiger partial charge in [0.1, 0.15) is 0 Å². The smallest absolute Gasteiger partial charge is 0.165 e. The van der Waals surface area contributed by atoms with E-state index in [9.17, 15) is 0 Å². The Morgan fingerprint density at radius 3 is 2.93 bits per heavy atom. The van der Waals surface area contributed by atoms with E-state index in [-0.39, 0.29) is 0 Å². The Bertz CT molecular complexity index is 290. The summed E-state index contributed by atoms with van der Waals surface area (Å²) in [6.07, 6.45) is 1.05. The van der Waals surface area contributed by atoms with Gasteiger partial charge >= 0.3 is 0 Å². The van der Waals surface area contributed by atoms with Crippen LogP contribution in [0.2, 0.25) is 0 Å². The van der Waals surface area contributed by atoms with Crippen LogP contribution in [-0.4, -0.2) is 44.2 Å². The van der Waals surface area contributed by atoms with Gasteiger partial charge in [-0.3, -0.25) is 4.90 Å². The lowest BCUT2D eigenvalue weighted by molar-refractivity contribution is 0.136. The van der Waals surface area contributed by atoms with Crippen LogP contribution in [0.3, 0.4) is 0 Å². The Hall–Kier alpha value is -1.01. The van der Waals surface area contributed by atoms with E-state index in [0.29, 0.717) is 6.04 Å². The van der Waals surface area contributed by atoms with Crippen LogP contribution in [0.4, 0.5) is 0 Å². The van der Waals surface area contributed by atoms with Crippen molar-refractivity contribution in [2.24, 2.45) is 5.73 Å². The average molecular weight is 196 g/mol. The molecule has 2 rings (SSSR count). The Kier molecular flexibility index (Phi) is 2.74. The summed E-state index contributed by atoms with van der Waals surface area (Å²) in [4.78, 5) is 2.25. The second-order valence-electron chi connectivity index (χ2n) is 3.77. The molecule has 1 saturated heterocycles. The van der Waals surface area contributed by atoms with Crippen molar-refractivity contribution in [1.82, 2.24) is 25.1 Å². The summed E-state index contributed by atoms with van der Waals surface area (Å²) in [5.74, 6) is 0.943. The molecule has 0 unspecified atom stereocenters. The molecule has 0 aromatic carbocycles. The Morgan fingerprint density at radius 2 is 2.29 bits per heavy atom. The van der Waals surface area contributed by atoms with Gasteiger partial charge in [-0.05, 0) is 16.8 Å². The fourth-order valence-electron chi connectivity index (χ4n) is 1.66. The molecule has 1 aliphatic heterocycles. The quantitative estimate of drug-likeness (QED) is 0.684. The van der Waals surface area contributed by atoms with Crippen molar-refractivity contribution < 1.29 is 0 Å². The highest BCUT2D eigenvalue weighted by atomic mass is 15.5. The van der Waals surface area contributed by atoms with Crippen molar-refractivity contribution in [3.8, 4) is 0 Å². The summed E-state index contributed by atoms with van der Waals surface area (Å²) in [5, 5.41) is 11.6. The van der Waals surface area contributed by atoms with Crippen molar-refractivity contribution in [3.05, 3.63) is 5.82 Å². The van der Waals surface area contributed by atoms with E-state index in [1.54, 1.807) is 0 Å². The molecule has 0 atom stereocenters. The second kappa shape index (κ2) is 4.02. The van der Waals surface area contributed by atoms with Crippen LogP contribution >= 0.6 is 0 Å². The zero-order valence-electron chi connectivity index (χ0n) is 8.43. The standard InChI is InChI=1S/C8H16N6/c1-2-3-14-8(10-11-12-14)6-13-4-7(9)5-13/h7H,2-6,9H2,1H3. The molecule has 2 heterocycles. The minimum absolute atomic E-state index is 0.338. The van der Waals surface area contributed by atoms with Crippen LogP contribution in [0.15, 0.2) is 0 Å². The van der Waals surface area contributed by atoms with Gasteiger partial charge in [0.25, 0.3) is 0 Å². The second-order valence-corrected chi connectivity index (χ2v) is 3.77. The highest BCUT2D eigenvalue weighted by molar-refractivity contribution is 4.88. The van der Waals surface area contributed by atoms with Crippen molar-refractivity contribution in [1.29, 1.82) is 0 Å². The molecular formula is C8H16N6. The minimum Gasteiger partial charge on any atom is -0.325 e. The molecule has 1 aliphatic rings. The third kappa shape index (κ3) is 1.91. The van der Waals surface area contributed by atoms with Crippen LogP contribution in [0, 0.1) is 0 Å². The summed E-state index contributed by atoms with van der Waals surface area (Å²) in [6.45, 7) is 5.74. The molecule has 0 aliphatic carbocycles. The van der Waals surface area contributed by atoms with Crippen LogP contribution < -0.4 is 5.73 Å². The third-order valence-electron chi connectivity index (χ3n) is 2.39. The summed E-state index contributed by atoms with van der Waals surface area (Å²) in [6, 6.07) is 0.338. The molecule has 1 fully saturated rings. The lowest BCUT2D eigenvalue weighted by atomic mass is 10.1. The zero-order valence-corrected chi connectivity index (χ0v) is 8.43. The molecule has 6 heteroatoms. The Balaban J connectivity index is 1.91. The van der Waals surface area contributed by atoms with Crippen LogP contribution in [-0.2, 0) is 13.1 Å². The first-order valence-corrected chi connectivity index (χ1v) is 5.02. The maximum Gasteiger partial charge on any atom is 0.165 e.